The van der Waals surface area contributed by atoms with E-state index in [1.165, 1.54) is 17.1 Å². The van der Waals surface area contributed by atoms with Crippen LogP contribution >= 0.6 is 0 Å². The van der Waals surface area contributed by atoms with Crippen molar-refractivity contribution in [3.63, 3.8) is 0 Å². The Hall–Kier alpha value is -4.14. The average molecular weight is 460 g/mol. The lowest BCUT2D eigenvalue weighted by atomic mass is 9.98. The van der Waals surface area contributed by atoms with Crippen LogP contribution < -0.4 is 10.6 Å². The molecule has 1 atom stereocenters. The molecule has 9 nitrogen and oxygen atoms in total. The maximum absolute atomic E-state index is 12.4. The minimum atomic E-state index is -1.03. The number of anilines is 1. The number of hydrogen-bond acceptors (Lipinski definition) is 5. The smallest absolute Gasteiger partial charge is 0.411 e. The van der Waals surface area contributed by atoms with Gasteiger partial charge >= 0.3 is 12.1 Å². The van der Waals surface area contributed by atoms with Crippen LogP contribution in [0, 0.1) is 5.92 Å². The number of hydrogen-bond donors (Lipinski definition) is 3. The van der Waals surface area contributed by atoms with E-state index in [1.54, 1.807) is 0 Å². The summed E-state index contributed by atoms with van der Waals surface area (Å²) in [5.74, 6) is -1.54. The molecule has 0 spiro atoms. The molecule has 34 heavy (non-hydrogen) atoms. The number of carboxylic acid groups (broad SMARTS) is 1. The van der Waals surface area contributed by atoms with Crippen LogP contribution in [0.1, 0.15) is 29.9 Å². The second-order valence-corrected chi connectivity index (χ2v) is 8.60. The fraction of sp³-hybridized carbons (Fsp3) is 0.280. The number of carbonyl (C=O) groups is 3. The van der Waals surface area contributed by atoms with Gasteiger partial charge < -0.3 is 15.2 Å². The molecule has 2 aromatic carbocycles. The van der Waals surface area contributed by atoms with Crippen LogP contribution in [0.25, 0.3) is 11.1 Å². The molecule has 2 amide bonds. The minimum absolute atomic E-state index is 0.00938. The van der Waals surface area contributed by atoms with Crippen molar-refractivity contribution >= 4 is 23.7 Å². The summed E-state index contributed by atoms with van der Waals surface area (Å²) in [6.45, 7) is 0.0387. The normalized spacial score (nSPS) is 15.2. The molecule has 3 N–H and O–H groups in total. The molecule has 0 bridgehead atoms. The van der Waals surface area contributed by atoms with Crippen molar-refractivity contribution in [3.05, 3.63) is 72.1 Å². The van der Waals surface area contributed by atoms with Gasteiger partial charge in [-0.3, -0.25) is 14.8 Å². The van der Waals surface area contributed by atoms with E-state index in [0.717, 1.165) is 35.1 Å². The third-order valence-electron chi connectivity index (χ3n) is 6.20. The number of nitrogens with zero attached hydrogens (tertiary/aromatic N) is 2. The zero-order valence-corrected chi connectivity index (χ0v) is 18.3. The Labute approximate surface area is 195 Å². The summed E-state index contributed by atoms with van der Waals surface area (Å²) in [5.41, 5.74) is 4.93. The number of fused-ring (bicyclic) bond motifs is 3. The SMILES string of the molecule is O=C(Cn1cc(NC(=O)OCC2c3ccccc3-c3ccccc32)cn1)NC(C(=O)O)C1CC1. The van der Waals surface area contributed by atoms with Crippen LogP contribution in [0.5, 0.6) is 0 Å². The van der Waals surface area contributed by atoms with Crippen LogP contribution in [0.15, 0.2) is 60.9 Å². The summed E-state index contributed by atoms with van der Waals surface area (Å²) in [6, 6.07) is 15.3. The Balaban J connectivity index is 1.16. The van der Waals surface area contributed by atoms with E-state index in [9.17, 15) is 19.5 Å². The van der Waals surface area contributed by atoms with Crippen molar-refractivity contribution in [1.82, 2.24) is 15.1 Å². The lowest BCUT2D eigenvalue weighted by Crippen LogP contribution is -2.43. The first kappa shape index (κ1) is 21.7. The number of rotatable bonds is 8. The number of nitrogens with one attached hydrogen (secondary N) is 2. The van der Waals surface area contributed by atoms with Crippen molar-refractivity contribution in [1.29, 1.82) is 0 Å². The molecule has 2 aliphatic carbocycles. The van der Waals surface area contributed by atoms with Gasteiger partial charge in [-0.2, -0.15) is 5.10 Å². The summed E-state index contributed by atoms with van der Waals surface area (Å²) in [4.78, 5) is 35.9. The quantitative estimate of drug-likeness (QED) is 0.474. The van der Waals surface area contributed by atoms with Gasteiger partial charge in [0.1, 0.15) is 19.2 Å². The Morgan fingerprint density at radius 3 is 2.32 bits per heavy atom. The molecule has 1 saturated carbocycles. The zero-order chi connectivity index (χ0) is 23.7. The van der Waals surface area contributed by atoms with Gasteiger partial charge in [0.2, 0.25) is 5.91 Å². The largest absolute Gasteiger partial charge is 0.480 e. The van der Waals surface area contributed by atoms with E-state index in [-0.39, 0.29) is 25.0 Å². The van der Waals surface area contributed by atoms with Crippen molar-refractivity contribution in [3.8, 4) is 11.1 Å². The number of aromatic nitrogens is 2. The second-order valence-electron chi connectivity index (χ2n) is 8.60. The summed E-state index contributed by atoms with van der Waals surface area (Å²) in [6.07, 6.45) is 3.88. The lowest BCUT2D eigenvalue weighted by Gasteiger charge is -2.14. The number of carboxylic acids is 1. The highest BCUT2D eigenvalue weighted by molar-refractivity contribution is 5.85. The van der Waals surface area contributed by atoms with Crippen molar-refractivity contribution < 1.29 is 24.2 Å². The molecule has 5 rings (SSSR count). The summed E-state index contributed by atoms with van der Waals surface area (Å²) in [7, 11) is 0. The van der Waals surface area contributed by atoms with Gasteiger partial charge in [-0.25, -0.2) is 9.59 Å². The molecule has 0 saturated heterocycles. The summed E-state index contributed by atoms with van der Waals surface area (Å²) >= 11 is 0. The van der Waals surface area contributed by atoms with Gasteiger partial charge in [0.25, 0.3) is 0 Å². The van der Waals surface area contributed by atoms with Crippen molar-refractivity contribution in [2.24, 2.45) is 5.92 Å². The molecular weight excluding hydrogens is 436 g/mol. The highest BCUT2D eigenvalue weighted by atomic mass is 16.5. The van der Waals surface area contributed by atoms with E-state index in [0.29, 0.717) is 5.69 Å². The number of ether oxygens (including phenoxy) is 1. The molecule has 9 heteroatoms. The molecular formula is C25H24N4O5. The number of aliphatic carboxylic acids is 1. The van der Waals surface area contributed by atoms with Gasteiger partial charge in [-0.1, -0.05) is 48.5 Å². The molecule has 1 heterocycles. The fourth-order valence-electron chi connectivity index (χ4n) is 4.44. The second kappa shape index (κ2) is 9.01. The van der Waals surface area contributed by atoms with Gasteiger partial charge in [-0.15, -0.1) is 0 Å². The molecule has 174 valence electrons. The average Bonchev–Trinajstić information content (AvgIpc) is 3.49. The zero-order valence-electron chi connectivity index (χ0n) is 18.3. The summed E-state index contributed by atoms with van der Waals surface area (Å²) < 4.78 is 6.85. The van der Waals surface area contributed by atoms with E-state index >= 15 is 0 Å². The topological polar surface area (TPSA) is 123 Å². The third kappa shape index (κ3) is 4.50. The third-order valence-corrected chi connectivity index (χ3v) is 6.20. The summed E-state index contributed by atoms with van der Waals surface area (Å²) in [5, 5.41) is 18.5. The van der Waals surface area contributed by atoms with E-state index in [1.807, 2.05) is 24.3 Å². The van der Waals surface area contributed by atoms with Gasteiger partial charge in [0.05, 0.1) is 11.9 Å². The van der Waals surface area contributed by atoms with Crippen molar-refractivity contribution in [2.45, 2.75) is 31.3 Å². The lowest BCUT2D eigenvalue weighted by molar-refractivity contribution is -0.142. The number of amides is 2. The minimum Gasteiger partial charge on any atom is -0.480 e. The first-order valence-electron chi connectivity index (χ1n) is 11.2. The van der Waals surface area contributed by atoms with Crippen molar-refractivity contribution in [2.75, 3.05) is 11.9 Å². The standard InChI is InChI=1S/C25H24N4O5/c30-22(28-23(24(31)32)15-9-10-15)13-29-12-16(11-26-29)27-25(33)34-14-21-19-7-3-1-5-17(19)18-6-2-4-8-20(18)21/h1-8,11-12,15,21,23H,9-10,13-14H2,(H,27,33)(H,28,30)(H,31,32). The molecule has 1 unspecified atom stereocenters. The van der Waals surface area contributed by atoms with Gasteiger partial charge in [0.15, 0.2) is 0 Å². The molecule has 0 aliphatic heterocycles. The molecule has 2 aliphatic rings. The van der Waals surface area contributed by atoms with E-state index in [4.69, 9.17) is 4.74 Å². The maximum atomic E-state index is 12.4. The fourth-order valence-corrected chi connectivity index (χ4v) is 4.44. The Morgan fingerprint density at radius 1 is 1.06 bits per heavy atom. The van der Waals surface area contributed by atoms with Crippen LogP contribution in [-0.2, 0) is 20.9 Å². The molecule has 1 aromatic heterocycles. The highest BCUT2D eigenvalue weighted by Gasteiger charge is 2.37. The number of carbonyl (C=O) groups excluding carboxylic acids is 2. The monoisotopic (exact) mass is 460 g/mol. The maximum Gasteiger partial charge on any atom is 0.411 e. The Bertz CT molecular complexity index is 1200. The Kier molecular flexibility index (Phi) is 5.75. The van der Waals surface area contributed by atoms with Crippen LogP contribution in [-0.4, -0.2) is 45.5 Å². The van der Waals surface area contributed by atoms with E-state index < -0.39 is 24.0 Å². The molecule has 0 radical (unpaired) electrons. The molecule has 1 fully saturated rings. The number of benzene rings is 2. The predicted octanol–water partition coefficient (Wildman–Crippen LogP) is 3.22. The Morgan fingerprint density at radius 2 is 1.71 bits per heavy atom. The van der Waals surface area contributed by atoms with Crippen LogP contribution in [0.2, 0.25) is 0 Å². The highest BCUT2D eigenvalue weighted by Crippen LogP contribution is 2.44. The first-order chi connectivity index (χ1) is 16.5. The predicted molar refractivity (Wildman–Crippen MR) is 123 cm³/mol. The van der Waals surface area contributed by atoms with Gasteiger partial charge in [-0.05, 0) is 41.0 Å². The van der Waals surface area contributed by atoms with Crippen LogP contribution in [0.4, 0.5) is 10.5 Å². The van der Waals surface area contributed by atoms with Gasteiger partial charge in [0, 0.05) is 12.1 Å². The van der Waals surface area contributed by atoms with Crippen LogP contribution in [0.3, 0.4) is 0 Å². The molecule has 3 aromatic rings. The van der Waals surface area contributed by atoms with E-state index in [2.05, 4.69) is 40.0 Å². The first-order valence-corrected chi connectivity index (χ1v) is 11.2.